The smallest absolute Gasteiger partial charge is 0.305 e. The zero-order valence-electron chi connectivity index (χ0n) is 17.8. The number of ether oxygens (including phenoxy) is 1. The largest absolute Gasteiger partial charge is 0.469 e. The quantitative estimate of drug-likeness (QED) is 0.140. The van der Waals surface area contributed by atoms with Crippen molar-refractivity contribution in [3.05, 3.63) is 0 Å². The van der Waals surface area contributed by atoms with E-state index in [0.717, 1.165) is 6.42 Å². The van der Waals surface area contributed by atoms with E-state index in [1.165, 1.54) is 89.9 Å². The van der Waals surface area contributed by atoms with Gasteiger partial charge in [0.05, 0.1) is 14.3 Å². The number of esters is 1. The van der Waals surface area contributed by atoms with Crippen LogP contribution in [0.15, 0.2) is 0 Å². The van der Waals surface area contributed by atoms with Gasteiger partial charge in [-0.2, -0.15) is 0 Å². The molecule has 0 amide bonds. The highest BCUT2D eigenvalue weighted by molar-refractivity contribution is 6.76. The molecule has 0 bridgehead atoms. The van der Waals surface area contributed by atoms with E-state index < -0.39 is 8.07 Å². The lowest BCUT2D eigenvalue weighted by molar-refractivity contribution is -0.142. The summed E-state index contributed by atoms with van der Waals surface area (Å²) in [7, 11) is -1.25. The first-order chi connectivity index (χ1) is 12.0. The lowest BCUT2D eigenvalue weighted by Crippen LogP contribution is -2.29. The van der Waals surface area contributed by atoms with Gasteiger partial charge in [0, 0.05) is 6.42 Å². The van der Waals surface area contributed by atoms with Gasteiger partial charge in [-0.25, -0.2) is 0 Å². The number of carbonyl (C=O) groups excluding carboxylic acids is 1. The molecule has 150 valence electrons. The zero-order valence-corrected chi connectivity index (χ0v) is 18.8. The molecule has 0 aliphatic rings. The first-order valence-corrected chi connectivity index (χ1v) is 14.8. The SMILES string of the molecule is CCCCCCCCCCCCCCCCCC(=O)OC[Si](C)(C)C. The fraction of sp³-hybridized carbons (Fsp3) is 0.955. The summed E-state index contributed by atoms with van der Waals surface area (Å²) < 4.78 is 5.35. The number of unbranched alkanes of at least 4 members (excludes halogenated alkanes) is 14. The van der Waals surface area contributed by atoms with Crippen LogP contribution in [0, 0.1) is 0 Å². The van der Waals surface area contributed by atoms with Crippen molar-refractivity contribution >= 4 is 14.0 Å². The lowest BCUT2D eigenvalue weighted by Gasteiger charge is -2.15. The van der Waals surface area contributed by atoms with Gasteiger partial charge < -0.3 is 4.74 Å². The van der Waals surface area contributed by atoms with Crippen LogP contribution in [0.2, 0.25) is 19.6 Å². The van der Waals surface area contributed by atoms with Gasteiger partial charge in [-0.1, -0.05) is 116 Å². The summed E-state index contributed by atoms with van der Waals surface area (Å²) in [6, 6.07) is 0. The molecule has 0 saturated carbocycles. The molecule has 0 rings (SSSR count). The topological polar surface area (TPSA) is 26.3 Å². The highest BCUT2D eigenvalue weighted by Crippen LogP contribution is 2.14. The van der Waals surface area contributed by atoms with Crippen molar-refractivity contribution in [3.8, 4) is 0 Å². The van der Waals surface area contributed by atoms with Crippen LogP contribution in [0.3, 0.4) is 0 Å². The summed E-state index contributed by atoms with van der Waals surface area (Å²) in [5.41, 5.74) is 0. The van der Waals surface area contributed by atoms with E-state index in [9.17, 15) is 4.79 Å². The Morgan fingerprint density at radius 1 is 0.640 bits per heavy atom. The molecular formula is C22H46O2Si. The van der Waals surface area contributed by atoms with Crippen LogP contribution in [0.4, 0.5) is 0 Å². The van der Waals surface area contributed by atoms with E-state index in [4.69, 9.17) is 4.74 Å². The Bertz CT molecular complexity index is 297. The summed E-state index contributed by atoms with van der Waals surface area (Å²) in [6.45, 7) is 8.97. The molecule has 0 aliphatic carbocycles. The summed E-state index contributed by atoms with van der Waals surface area (Å²) in [5.74, 6) is 0.0112. The highest BCUT2D eigenvalue weighted by atomic mass is 28.3. The number of rotatable bonds is 18. The molecule has 0 radical (unpaired) electrons. The van der Waals surface area contributed by atoms with Gasteiger partial charge in [0.25, 0.3) is 0 Å². The van der Waals surface area contributed by atoms with Gasteiger partial charge >= 0.3 is 5.97 Å². The van der Waals surface area contributed by atoms with Crippen LogP contribution in [-0.4, -0.2) is 20.3 Å². The Kier molecular flexibility index (Phi) is 16.9. The van der Waals surface area contributed by atoms with E-state index >= 15 is 0 Å². The Balaban J connectivity index is 3.15. The molecule has 0 fully saturated rings. The summed E-state index contributed by atoms with van der Waals surface area (Å²) >= 11 is 0. The molecular weight excluding hydrogens is 324 g/mol. The van der Waals surface area contributed by atoms with Crippen molar-refractivity contribution in [1.82, 2.24) is 0 Å². The van der Waals surface area contributed by atoms with Gasteiger partial charge in [0.2, 0.25) is 0 Å². The molecule has 0 aromatic rings. The Morgan fingerprint density at radius 2 is 1.00 bits per heavy atom. The normalized spacial score (nSPS) is 11.7. The molecule has 0 heterocycles. The first kappa shape index (κ1) is 24.7. The monoisotopic (exact) mass is 370 g/mol. The third-order valence-electron chi connectivity index (χ3n) is 4.65. The standard InChI is InChI=1S/C22H46O2Si/c1-5-6-7-8-9-10-11-12-13-14-15-16-17-18-19-20-22(23)24-21-25(2,3)4/h5-21H2,1-4H3. The maximum absolute atomic E-state index is 11.6. The predicted molar refractivity (Wildman–Crippen MR) is 114 cm³/mol. The minimum atomic E-state index is -1.25. The molecule has 0 aromatic carbocycles. The maximum Gasteiger partial charge on any atom is 0.305 e. The van der Waals surface area contributed by atoms with Crippen molar-refractivity contribution < 1.29 is 9.53 Å². The van der Waals surface area contributed by atoms with Gasteiger partial charge in [-0.05, 0) is 6.42 Å². The molecule has 0 spiro atoms. The molecule has 0 atom stereocenters. The average Bonchev–Trinajstić information content (AvgIpc) is 2.56. The predicted octanol–water partition coefficient (Wildman–Crippen LogP) is 7.67. The van der Waals surface area contributed by atoms with E-state index in [2.05, 4.69) is 26.6 Å². The van der Waals surface area contributed by atoms with E-state index in [0.29, 0.717) is 12.7 Å². The van der Waals surface area contributed by atoms with Gasteiger partial charge in [-0.3, -0.25) is 4.79 Å². The third kappa shape index (κ3) is 21.6. The van der Waals surface area contributed by atoms with E-state index in [-0.39, 0.29) is 5.97 Å². The average molecular weight is 371 g/mol. The van der Waals surface area contributed by atoms with E-state index in [1.807, 2.05) is 0 Å². The van der Waals surface area contributed by atoms with E-state index in [1.54, 1.807) is 0 Å². The molecule has 3 heteroatoms. The van der Waals surface area contributed by atoms with Crippen LogP contribution in [0.25, 0.3) is 0 Å². The molecule has 0 aromatic heterocycles. The second-order valence-corrected chi connectivity index (χ2v) is 14.3. The number of carbonyl (C=O) groups is 1. The van der Waals surface area contributed by atoms with Crippen LogP contribution in [-0.2, 0) is 9.53 Å². The van der Waals surface area contributed by atoms with Crippen molar-refractivity contribution in [2.24, 2.45) is 0 Å². The third-order valence-corrected chi connectivity index (χ3v) is 5.66. The second-order valence-electron chi connectivity index (χ2n) is 8.92. The Morgan fingerprint density at radius 3 is 1.36 bits per heavy atom. The number of hydrogen-bond acceptors (Lipinski definition) is 2. The van der Waals surface area contributed by atoms with Crippen LogP contribution < -0.4 is 0 Å². The van der Waals surface area contributed by atoms with Gasteiger partial charge in [0.1, 0.15) is 0 Å². The second kappa shape index (κ2) is 17.1. The van der Waals surface area contributed by atoms with Gasteiger partial charge in [0.15, 0.2) is 0 Å². The molecule has 0 aliphatic heterocycles. The summed E-state index contributed by atoms with van der Waals surface area (Å²) in [6.07, 6.45) is 21.7. The summed E-state index contributed by atoms with van der Waals surface area (Å²) in [5, 5.41) is 0. The zero-order chi connectivity index (χ0) is 18.8. The molecule has 0 saturated heterocycles. The highest BCUT2D eigenvalue weighted by Gasteiger charge is 2.15. The van der Waals surface area contributed by atoms with Crippen LogP contribution in [0.5, 0.6) is 0 Å². The lowest BCUT2D eigenvalue weighted by atomic mass is 10.0. The fourth-order valence-electron chi connectivity index (χ4n) is 3.01. The Hall–Kier alpha value is -0.313. The first-order valence-electron chi connectivity index (χ1n) is 11.1. The maximum atomic E-state index is 11.6. The molecule has 0 N–H and O–H groups in total. The van der Waals surface area contributed by atoms with Gasteiger partial charge in [-0.15, -0.1) is 0 Å². The van der Waals surface area contributed by atoms with Crippen molar-refractivity contribution in [2.45, 2.75) is 129 Å². The molecule has 2 nitrogen and oxygen atoms in total. The van der Waals surface area contributed by atoms with Crippen molar-refractivity contribution in [2.75, 3.05) is 6.23 Å². The van der Waals surface area contributed by atoms with Crippen LogP contribution in [0.1, 0.15) is 110 Å². The molecule has 0 unspecified atom stereocenters. The minimum absolute atomic E-state index is 0.0112. The van der Waals surface area contributed by atoms with Crippen molar-refractivity contribution in [1.29, 1.82) is 0 Å². The minimum Gasteiger partial charge on any atom is -0.469 e. The number of hydrogen-bond donors (Lipinski definition) is 0. The summed E-state index contributed by atoms with van der Waals surface area (Å²) in [4.78, 5) is 11.6. The fourth-order valence-corrected chi connectivity index (χ4v) is 3.60. The molecule has 25 heavy (non-hydrogen) atoms. The van der Waals surface area contributed by atoms with Crippen LogP contribution >= 0.6 is 0 Å². The Labute approximate surface area is 159 Å². The van der Waals surface area contributed by atoms with Crippen molar-refractivity contribution in [3.63, 3.8) is 0 Å².